The average molecular weight is 512 g/mol. The highest BCUT2D eigenvalue weighted by Crippen LogP contribution is 2.50. The molecule has 1 amide bonds. The monoisotopic (exact) mass is 511 g/mol. The molecule has 10 heteroatoms. The summed E-state index contributed by atoms with van der Waals surface area (Å²) in [7, 11) is 1.60. The second-order valence-electron chi connectivity index (χ2n) is 10.1. The van der Waals surface area contributed by atoms with E-state index in [-0.39, 0.29) is 30.3 Å². The van der Waals surface area contributed by atoms with Gasteiger partial charge in [-0.25, -0.2) is 4.99 Å². The molecule has 0 aromatic heterocycles. The van der Waals surface area contributed by atoms with E-state index in [1.165, 1.54) is 9.80 Å². The minimum Gasteiger partial charge on any atom is -0.493 e. The van der Waals surface area contributed by atoms with E-state index in [1.54, 1.807) is 25.2 Å². The van der Waals surface area contributed by atoms with Crippen LogP contribution in [0, 0.1) is 23.2 Å². The van der Waals surface area contributed by atoms with E-state index in [4.69, 9.17) is 15.5 Å². The van der Waals surface area contributed by atoms with Gasteiger partial charge in [0.1, 0.15) is 5.75 Å². The van der Waals surface area contributed by atoms with Crippen molar-refractivity contribution in [3.8, 4) is 22.9 Å². The summed E-state index contributed by atoms with van der Waals surface area (Å²) in [5.41, 5.74) is 7.68. The molecule has 7 nitrogen and oxygen atoms in total. The molecule has 37 heavy (non-hydrogen) atoms. The van der Waals surface area contributed by atoms with E-state index in [0.717, 1.165) is 11.1 Å². The number of guanidine groups is 1. The minimum atomic E-state index is -4.21. The van der Waals surface area contributed by atoms with Gasteiger partial charge in [-0.2, -0.15) is 18.4 Å². The zero-order chi connectivity index (χ0) is 26.4. The summed E-state index contributed by atoms with van der Waals surface area (Å²) < 4.78 is 44.6. The number of alkyl halides is 3. The quantitative estimate of drug-likeness (QED) is 0.672. The Balaban J connectivity index is 1.47. The number of hydrogen-bond acceptors (Lipinski definition) is 6. The lowest BCUT2D eigenvalue weighted by Crippen LogP contribution is -2.50. The van der Waals surface area contributed by atoms with Crippen molar-refractivity contribution in [2.24, 2.45) is 22.6 Å². The van der Waals surface area contributed by atoms with Crippen molar-refractivity contribution in [3.63, 3.8) is 0 Å². The zero-order valence-electron chi connectivity index (χ0n) is 20.5. The normalized spacial score (nSPS) is 24.5. The molecule has 0 aliphatic carbocycles. The number of benzene rings is 2. The van der Waals surface area contributed by atoms with E-state index >= 15 is 0 Å². The number of hydrogen-bond donors (Lipinski definition) is 1. The maximum absolute atomic E-state index is 13.8. The molecule has 3 heterocycles. The van der Waals surface area contributed by atoms with Crippen molar-refractivity contribution >= 4 is 11.9 Å². The number of aliphatic imine (C=N–C) groups is 1. The van der Waals surface area contributed by atoms with E-state index < -0.39 is 18.3 Å². The number of nitriles is 1. The molecule has 2 atom stereocenters. The highest BCUT2D eigenvalue weighted by atomic mass is 19.4. The van der Waals surface area contributed by atoms with Crippen LogP contribution in [0.15, 0.2) is 47.5 Å². The fourth-order valence-electron chi connectivity index (χ4n) is 5.81. The SMILES string of the molecule is CN1C(=O)C2(N=C1N)c1cc(-c3cccc(C#N)c3)ccc1OC[C@@H]2CC1CCN(CC(F)(F)F)CC1. The Bertz CT molecular complexity index is 1280. The van der Waals surface area contributed by atoms with E-state index in [1.807, 2.05) is 24.3 Å². The van der Waals surface area contributed by atoms with Crippen LogP contribution in [0.1, 0.15) is 30.4 Å². The van der Waals surface area contributed by atoms with Gasteiger partial charge in [0, 0.05) is 18.5 Å². The fourth-order valence-corrected chi connectivity index (χ4v) is 5.81. The van der Waals surface area contributed by atoms with Crippen LogP contribution in [-0.2, 0) is 10.3 Å². The number of fused-ring (bicyclic) bond motifs is 2. The third-order valence-electron chi connectivity index (χ3n) is 7.74. The number of carbonyl (C=O) groups is 1. The van der Waals surface area contributed by atoms with Gasteiger partial charge >= 0.3 is 6.18 Å². The number of likely N-dealkylation sites (tertiary alicyclic amines) is 1. The van der Waals surface area contributed by atoms with Crippen molar-refractivity contribution in [3.05, 3.63) is 53.6 Å². The Kier molecular flexibility index (Phi) is 6.36. The number of piperidine rings is 1. The van der Waals surface area contributed by atoms with Gasteiger partial charge in [0.25, 0.3) is 5.91 Å². The standard InChI is InChI=1S/C27H28F3N5O2/c1-34-24(36)27(33-25(34)32)21(12-17-7-9-35(10-8-17)16-26(28,29)30)15-37-23-6-5-20(13-22(23)27)19-4-2-3-18(11-19)14-31/h2-6,11,13,17,21H,7-10,12,15-16H2,1H3,(H2,32,33)/t21-,27?/m0/s1. The lowest BCUT2D eigenvalue weighted by molar-refractivity contribution is -0.149. The molecule has 2 N–H and O–H groups in total. The maximum atomic E-state index is 13.8. The maximum Gasteiger partial charge on any atom is 0.401 e. The zero-order valence-corrected chi connectivity index (χ0v) is 20.5. The molecule has 1 fully saturated rings. The first kappa shape index (κ1) is 25.1. The molecule has 0 saturated carbocycles. The van der Waals surface area contributed by atoms with Crippen molar-refractivity contribution in [1.29, 1.82) is 5.26 Å². The number of ether oxygens (including phenoxy) is 1. The summed E-state index contributed by atoms with van der Waals surface area (Å²) in [6.07, 6.45) is -2.40. The number of nitrogens with zero attached hydrogens (tertiary/aromatic N) is 4. The first-order valence-electron chi connectivity index (χ1n) is 12.3. The van der Waals surface area contributed by atoms with Gasteiger partial charge in [-0.05, 0) is 73.7 Å². The minimum absolute atomic E-state index is 0.125. The van der Waals surface area contributed by atoms with Crippen molar-refractivity contribution in [2.75, 3.05) is 33.3 Å². The molecule has 0 bridgehead atoms. The second kappa shape index (κ2) is 9.38. The smallest absolute Gasteiger partial charge is 0.401 e. The highest BCUT2D eigenvalue weighted by Gasteiger charge is 2.57. The molecule has 194 valence electrons. The first-order chi connectivity index (χ1) is 17.6. The third kappa shape index (κ3) is 4.64. The number of nitrogens with two attached hydrogens (primary N) is 1. The summed E-state index contributed by atoms with van der Waals surface area (Å²) >= 11 is 0. The van der Waals surface area contributed by atoms with Gasteiger partial charge in [-0.1, -0.05) is 18.2 Å². The molecular formula is C27H28F3N5O2. The Labute approximate surface area is 213 Å². The largest absolute Gasteiger partial charge is 0.493 e. The number of halogens is 3. The summed E-state index contributed by atoms with van der Waals surface area (Å²) in [4.78, 5) is 21.3. The Hall–Kier alpha value is -3.58. The van der Waals surface area contributed by atoms with Gasteiger partial charge in [-0.3, -0.25) is 14.6 Å². The van der Waals surface area contributed by atoms with Crippen LogP contribution in [0.5, 0.6) is 5.75 Å². The van der Waals surface area contributed by atoms with Crippen LogP contribution in [0.2, 0.25) is 0 Å². The number of carbonyl (C=O) groups excluding carboxylic acids is 1. The molecule has 2 aromatic rings. The van der Waals surface area contributed by atoms with E-state index in [2.05, 4.69) is 6.07 Å². The van der Waals surface area contributed by atoms with Gasteiger partial charge in [0.05, 0.1) is 24.8 Å². The molecule has 1 spiro atoms. The van der Waals surface area contributed by atoms with Crippen LogP contribution < -0.4 is 10.5 Å². The predicted octanol–water partition coefficient (Wildman–Crippen LogP) is 3.88. The lowest BCUT2D eigenvalue weighted by atomic mass is 9.71. The van der Waals surface area contributed by atoms with Crippen LogP contribution in [-0.4, -0.2) is 61.1 Å². The van der Waals surface area contributed by atoms with Crippen LogP contribution in [0.25, 0.3) is 11.1 Å². The molecule has 1 saturated heterocycles. The summed E-state index contributed by atoms with van der Waals surface area (Å²) in [5.74, 6) is 0.256. The number of likely N-dealkylation sites (N-methyl/N-ethyl adjacent to an activating group) is 1. The summed E-state index contributed by atoms with van der Waals surface area (Å²) in [6, 6.07) is 14.9. The van der Waals surface area contributed by atoms with E-state index in [0.29, 0.717) is 49.2 Å². The predicted molar refractivity (Wildman–Crippen MR) is 131 cm³/mol. The van der Waals surface area contributed by atoms with Gasteiger partial charge < -0.3 is 10.5 Å². The molecule has 0 radical (unpaired) electrons. The number of rotatable bonds is 4. The molecule has 3 aliphatic heterocycles. The number of amides is 1. The summed E-state index contributed by atoms with van der Waals surface area (Å²) in [5, 5.41) is 9.31. The Morgan fingerprint density at radius 1 is 1.19 bits per heavy atom. The van der Waals surface area contributed by atoms with Gasteiger partial charge in [0.2, 0.25) is 0 Å². The van der Waals surface area contributed by atoms with Crippen LogP contribution in [0.4, 0.5) is 13.2 Å². The molecule has 5 rings (SSSR count). The topological polar surface area (TPSA) is 94.9 Å². The fraction of sp³-hybridized carbons (Fsp3) is 0.444. The van der Waals surface area contributed by atoms with Crippen LogP contribution >= 0.6 is 0 Å². The van der Waals surface area contributed by atoms with Crippen molar-refractivity contribution in [2.45, 2.75) is 31.0 Å². The highest BCUT2D eigenvalue weighted by molar-refractivity contribution is 6.07. The Morgan fingerprint density at radius 3 is 2.57 bits per heavy atom. The third-order valence-corrected chi connectivity index (χ3v) is 7.74. The van der Waals surface area contributed by atoms with Gasteiger partial charge in [0.15, 0.2) is 11.5 Å². The molecule has 3 aliphatic rings. The van der Waals surface area contributed by atoms with Crippen LogP contribution in [0.3, 0.4) is 0 Å². The first-order valence-corrected chi connectivity index (χ1v) is 12.3. The average Bonchev–Trinajstić information content (AvgIpc) is 3.10. The van der Waals surface area contributed by atoms with Crippen molar-refractivity contribution in [1.82, 2.24) is 9.80 Å². The molecule has 2 aromatic carbocycles. The Morgan fingerprint density at radius 2 is 1.92 bits per heavy atom. The molecular weight excluding hydrogens is 483 g/mol. The van der Waals surface area contributed by atoms with Gasteiger partial charge in [-0.15, -0.1) is 0 Å². The summed E-state index contributed by atoms with van der Waals surface area (Å²) in [6.45, 7) is 0.0821. The molecule has 1 unspecified atom stereocenters. The van der Waals surface area contributed by atoms with Crippen molar-refractivity contribution < 1.29 is 22.7 Å². The van der Waals surface area contributed by atoms with E-state index in [9.17, 15) is 23.2 Å². The lowest BCUT2D eigenvalue weighted by Gasteiger charge is -2.41. The second-order valence-corrected chi connectivity index (χ2v) is 10.1.